The molecule has 1 aliphatic rings. The first-order valence-electron chi connectivity index (χ1n) is 7.86. The number of carbonyl (C=O) groups is 1. The lowest BCUT2D eigenvalue weighted by Gasteiger charge is -2.20. The molecule has 1 aromatic carbocycles. The number of anilines is 1. The second kappa shape index (κ2) is 7.44. The minimum atomic E-state index is -0.0344. The smallest absolute Gasteiger partial charge is 0.229 e. The van der Waals surface area contributed by atoms with E-state index in [4.69, 9.17) is 5.73 Å². The zero-order valence-corrected chi connectivity index (χ0v) is 12.4. The van der Waals surface area contributed by atoms with Crippen molar-refractivity contribution in [2.45, 2.75) is 57.9 Å². The highest BCUT2D eigenvalue weighted by molar-refractivity contribution is 5.93. The zero-order chi connectivity index (χ0) is 14.4. The van der Waals surface area contributed by atoms with Crippen LogP contribution in [0.1, 0.15) is 51.0 Å². The van der Waals surface area contributed by atoms with Crippen molar-refractivity contribution in [2.24, 2.45) is 11.7 Å². The molecule has 110 valence electrons. The molecule has 0 saturated heterocycles. The fourth-order valence-corrected chi connectivity index (χ4v) is 2.94. The number of nitrogens with two attached hydrogens (primary N) is 1. The highest BCUT2D eigenvalue weighted by Gasteiger charge is 2.26. The number of benzene rings is 1. The maximum absolute atomic E-state index is 12.4. The lowest BCUT2D eigenvalue weighted by atomic mass is 9.94. The molecule has 2 rings (SSSR count). The third-order valence-corrected chi connectivity index (χ3v) is 4.17. The lowest BCUT2D eigenvalue weighted by molar-refractivity contribution is -0.120. The van der Waals surface area contributed by atoms with Crippen LogP contribution in [0.5, 0.6) is 0 Å². The topological polar surface area (TPSA) is 55.1 Å². The van der Waals surface area contributed by atoms with E-state index in [9.17, 15) is 4.79 Å². The van der Waals surface area contributed by atoms with Gasteiger partial charge in [-0.1, -0.05) is 44.7 Å². The Morgan fingerprint density at radius 3 is 2.60 bits per heavy atom. The van der Waals surface area contributed by atoms with Gasteiger partial charge in [-0.15, -0.1) is 0 Å². The molecule has 0 spiro atoms. The molecule has 1 saturated carbocycles. The summed E-state index contributed by atoms with van der Waals surface area (Å²) in [6, 6.07) is 8.17. The third-order valence-electron chi connectivity index (χ3n) is 4.17. The maximum atomic E-state index is 12.4. The summed E-state index contributed by atoms with van der Waals surface area (Å²) in [4.78, 5) is 12.4. The van der Waals surface area contributed by atoms with E-state index in [1.54, 1.807) is 0 Å². The summed E-state index contributed by atoms with van der Waals surface area (Å²) in [5, 5.41) is 3.02. The van der Waals surface area contributed by atoms with Gasteiger partial charge in [0.25, 0.3) is 0 Å². The second-order valence-electron chi connectivity index (χ2n) is 5.84. The number of carbonyl (C=O) groups excluding carboxylic acids is 1. The van der Waals surface area contributed by atoms with Crippen molar-refractivity contribution < 1.29 is 4.79 Å². The fourth-order valence-electron chi connectivity index (χ4n) is 2.94. The molecule has 20 heavy (non-hydrogen) atoms. The average molecular weight is 274 g/mol. The molecule has 2 unspecified atom stereocenters. The molecule has 3 heteroatoms. The average Bonchev–Trinajstić information content (AvgIpc) is 2.66. The summed E-state index contributed by atoms with van der Waals surface area (Å²) in [6.07, 6.45) is 7.57. The summed E-state index contributed by atoms with van der Waals surface area (Å²) in [7, 11) is 0. The van der Waals surface area contributed by atoms with Gasteiger partial charge in [-0.2, -0.15) is 0 Å². The Morgan fingerprint density at radius 2 is 1.90 bits per heavy atom. The molecule has 1 aromatic rings. The van der Waals surface area contributed by atoms with E-state index >= 15 is 0 Å². The van der Waals surface area contributed by atoms with Crippen molar-refractivity contribution in [3.8, 4) is 0 Å². The largest absolute Gasteiger partial charge is 0.327 e. The Bertz CT molecular complexity index is 427. The molecule has 0 bridgehead atoms. The van der Waals surface area contributed by atoms with Gasteiger partial charge in [0.05, 0.1) is 5.92 Å². The molecule has 1 aliphatic carbocycles. The minimum Gasteiger partial charge on any atom is -0.327 e. The fraction of sp³-hybridized carbons (Fsp3) is 0.588. The number of aryl methyl sites for hydroxylation is 1. The molecule has 0 aliphatic heterocycles. The van der Waals surface area contributed by atoms with Crippen molar-refractivity contribution in [1.29, 1.82) is 0 Å². The maximum Gasteiger partial charge on any atom is 0.229 e. The Kier molecular flexibility index (Phi) is 5.60. The molecule has 1 fully saturated rings. The van der Waals surface area contributed by atoms with Crippen molar-refractivity contribution in [3.05, 3.63) is 29.8 Å². The third kappa shape index (κ3) is 4.07. The lowest BCUT2D eigenvalue weighted by Crippen LogP contribution is -2.37. The van der Waals surface area contributed by atoms with Crippen LogP contribution in [0.25, 0.3) is 0 Å². The van der Waals surface area contributed by atoms with Crippen molar-refractivity contribution in [3.63, 3.8) is 0 Å². The van der Waals surface area contributed by atoms with Crippen LogP contribution in [0.3, 0.4) is 0 Å². The van der Waals surface area contributed by atoms with Gasteiger partial charge >= 0.3 is 0 Å². The highest BCUT2D eigenvalue weighted by atomic mass is 16.1. The van der Waals surface area contributed by atoms with Crippen molar-refractivity contribution >= 4 is 11.6 Å². The van der Waals surface area contributed by atoms with E-state index in [-0.39, 0.29) is 17.9 Å². The van der Waals surface area contributed by atoms with Crippen LogP contribution in [0.2, 0.25) is 0 Å². The molecule has 1 amide bonds. The predicted octanol–water partition coefficient (Wildman–Crippen LogP) is 3.49. The number of rotatable bonds is 4. The van der Waals surface area contributed by atoms with E-state index in [0.717, 1.165) is 44.2 Å². The van der Waals surface area contributed by atoms with Gasteiger partial charge in [-0.05, 0) is 37.0 Å². The molecule has 3 nitrogen and oxygen atoms in total. The Hall–Kier alpha value is -1.35. The van der Waals surface area contributed by atoms with E-state index in [1.807, 2.05) is 12.1 Å². The number of hydrogen-bond acceptors (Lipinski definition) is 2. The summed E-state index contributed by atoms with van der Waals surface area (Å²) in [5.74, 6) is 0.0514. The molecule has 2 atom stereocenters. The zero-order valence-electron chi connectivity index (χ0n) is 12.4. The van der Waals surface area contributed by atoms with Crippen LogP contribution in [0, 0.1) is 5.92 Å². The van der Waals surface area contributed by atoms with Gasteiger partial charge in [0.1, 0.15) is 0 Å². The molecular weight excluding hydrogens is 248 g/mol. The monoisotopic (exact) mass is 274 g/mol. The van der Waals surface area contributed by atoms with Crippen LogP contribution in [0.15, 0.2) is 24.3 Å². The van der Waals surface area contributed by atoms with Crippen LogP contribution in [-0.4, -0.2) is 11.9 Å². The van der Waals surface area contributed by atoms with E-state index in [0.29, 0.717) is 0 Å². The van der Waals surface area contributed by atoms with Crippen molar-refractivity contribution in [2.75, 3.05) is 5.32 Å². The van der Waals surface area contributed by atoms with Gasteiger partial charge < -0.3 is 11.1 Å². The highest BCUT2D eigenvalue weighted by Crippen LogP contribution is 2.23. The summed E-state index contributed by atoms with van der Waals surface area (Å²) < 4.78 is 0. The summed E-state index contributed by atoms with van der Waals surface area (Å²) in [5.41, 5.74) is 8.33. The summed E-state index contributed by atoms with van der Waals surface area (Å²) in [6.45, 7) is 2.17. The van der Waals surface area contributed by atoms with Gasteiger partial charge in [0, 0.05) is 11.7 Å². The molecule has 0 heterocycles. The second-order valence-corrected chi connectivity index (χ2v) is 5.84. The van der Waals surface area contributed by atoms with Gasteiger partial charge in [-0.3, -0.25) is 4.79 Å². The Balaban J connectivity index is 1.95. The quantitative estimate of drug-likeness (QED) is 0.826. The normalized spacial score (nSPS) is 23.1. The standard InChI is InChI=1S/C17H26N2O/c1-2-6-13-9-11-14(12-10-13)19-17(20)15-7-4-3-5-8-16(15)18/h9-12,15-16H,2-8,18H2,1H3,(H,19,20). The summed E-state index contributed by atoms with van der Waals surface area (Å²) >= 11 is 0. The predicted molar refractivity (Wildman–Crippen MR) is 83.6 cm³/mol. The number of nitrogens with one attached hydrogen (secondary N) is 1. The van der Waals surface area contributed by atoms with Crippen LogP contribution in [-0.2, 0) is 11.2 Å². The molecule has 3 N–H and O–H groups in total. The first-order chi connectivity index (χ1) is 9.70. The van der Waals surface area contributed by atoms with E-state index < -0.39 is 0 Å². The Labute approximate surface area is 121 Å². The SMILES string of the molecule is CCCc1ccc(NC(=O)C2CCCCCC2N)cc1. The van der Waals surface area contributed by atoms with E-state index in [2.05, 4.69) is 24.4 Å². The van der Waals surface area contributed by atoms with E-state index in [1.165, 1.54) is 12.0 Å². The Morgan fingerprint density at radius 1 is 1.20 bits per heavy atom. The van der Waals surface area contributed by atoms with Crippen LogP contribution in [0.4, 0.5) is 5.69 Å². The van der Waals surface area contributed by atoms with Crippen LogP contribution < -0.4 is 11.1 Å². The van der Waals surface area contributed by atoms with Gasteiger partial charge in [0.15, 0.2) is 0 Å². The van der Waals surface area contributed by atoms with Crippen molar-refractivity contribution in [1.82, 2.24) is 0 Å². The first kappa shape index (κ1) is 15.0. The first-order valence-corrected chi connectivity index (χ1v) is 7.86. The minimum absolute atomic E-state index is 0.0110. The molecular formula is C17H26N2O. The molecule has 0 radical (unpaired) electrons. The number of hydrogen-bond donors (Lipinski definition) is 2. The van der Waals surface area contributed by atoms with Gasteiger partial charge in [-0.25, -0.2) is 0 Å². The molecule has 0 aromatic heterocycles. The van der Waals surface area contributed by atoms with Crippen LogP contribution >= 0.6 is 0 Å². The van der Waals surface area contributed by atoms with Gasteiger partial charge in [0.2, 0.25) is 5.91 Å². The number of amides is 1.